The Morgan fingerprint density at radius 3 is 2.85 bits per heavy atom. The van der Waals surface area contributed by atoms with Gasteiger partial charge in [-0.15, -0.1) is 11.8 Å². The van der Waals surface area contributed by atoms with E-state index < -0.39 is 0 Å². The highest BCUT2D eigenvalue weighted by Crippen LogP contribution is 2.43. The maximum Gasteiger partial charge on any atom is 0.225 e. The summed E-state index contributed by atoms with van der Waals surface area (Å²) in [6.07, 6.45) is 0.393. The smallest absolute Gasteiger partial charge is 0.225 e. The number of anilines is 1. The SMILES string of the molecule is Cc1cc(C2CC(=O)Nc3ccccc3S2)ccc1F. The lowest BCUT2D eigenvalue weighted by atomic mass is 10.1. The fraction of sp³-hybridized carbons (Fsp3) is 0.188. The molecule has 1 heterocycles. The summed E-state index contributed by atoms with van der Waals surface area (Å²) >= 11 is 1.64. The minimum absolute atomic E-state index is 0.00516. The zero-order chi connectivity index (χ0) is 14.1. The Hall–Kier alpha value is -1.81. The minimum Gasteiger partial charge on any atom is -0.325 e. The van der Waals surface area contributed by atoms with Crippen LogP contribution in [0.5, 0.6) is 0 Å². The van der Waals surface area contributed by atoms with Gasteiger partial charge in [0, 0.05) is 16.6 Å². The quantitative estimate of drug-likeness (QED) is 0.846. The first-order chi connectivity index (χ1) is 9.63. The van der Waals surface area contributed by atoms with Crippen molar-refractivity contribution >= 4 is 23.4 Å². The summed E-state index contributed by atoms with van der Waals surface area (Å²) in [5, 5.41) is 2.93. The number of para-hydroxylation sites is 1. The van der Waals surface area contributed by atoms with Crippen LogP contribution in [0.2, 0.25) is 0 Å². The van der Waals surface area contributed by atoms with Gasteiger partial charge < -0.3 is 5.32 Å². The van der Waals surface area contributed by atoms with E-state index in [1.54, 1.807) is 24.8 Å². The van der Waals surface area contributed by atoms with Crippen molar-refractivity contribution in [2.75, 3.05) is 5.32 Å². The van der Waals surface area contributed by atoms with E-state index in [-0.39, 0.29) is 17.0 Å². The van der Waals surface area contributed by atoms with Crippen molar-refractivity contribution in [3.8, 4) is 0 Å². The van der Waals surface area contributed by atoms with Crippen LogP contribution in [-0.2, 0) is 4.79 Å². The third kappa shape index (κ3) is 2.56. The van der Waals surface area contributed by atoms with Gasteiger partial charge in [0.1, 0.15) is 5.82 Å². The van der Waals surface area contributed by atoms with Crippen LogP contribution in [0.25, 0.3) is 0 Å². The predicted octanol–water partition coefficient (Wildman–Crippen LogP) is 4.31. The number of carbonyl (C=O) groups excluding carboxylic acids is 1. The molecular weight excluding hydrogens is 273 g/mol. The van der Waals surface area contributed by atoms with Gasteiger partial charge >= 0.3 is 0 Å². The van der Waals surface area contributed by atoms with Crippen LogP contribution in [0.1, 0.15) is 22.8 Å². The van der Waals surface area contributed by atoms with Crippen LogP contribution in [0, 0.1) is 12.7 Å². The average Bonchev–Trinajstić information content (AvgIpc) is 2.59. The standard InChI is InChI=1S/C16H14FNOS/c1-10-8-11(6-7-12(10)17)15-9-16(19)18-13-4-2-3-5-14(13)20-15/h2-8,15H,9H2,1H3,(H,18,19). The molecule has 1 atom stereocenters. The van der Waals surface area contributed by atoms with Gasteiger partial charge in [0.25, 0.3) is 0 Å². The first kappa shape index (κ1) is 13.2. The lowest BCUT2D eigenvalue weighted by Crippen LogP contribution is -2.12. The number of halogens is 1. The molecule has 0 spiro atoms. The summed E-state index contributed by atoms with van der Waals surface area (Å²) in [6, 6.07) is 12.8. The van der Waals surface area contributed by atoms with Crippen LogP contribution in [0.3, 0.4) is 0 Å². The Kier molecular flexibility index (Phi) is 3.49. The summed E-state index contributed by atoms with van der Waals surface area (Å²) in [4.78, 5) is 13.0. The summed E-state index contributed by atoms with van der Waals surface area (Å²) in [5.74, 6) is -0.216. The first-order valence-electron chi connectivity index (χ1n) is 6.45. The van der Waals surface area contributed by atoms with Crippen LogP contribution in [-0.4, -0.2) is 5.91 Å². The zero-order valence-electron chi connectivity index (χ0n) is 11.0. The van der Waals surface area contributed by atoms with Crippen LogP contribution >= 0.6 is 11.8 Å². The maximum atomic E-state index is 13.4. The third-order valence-electron chi connectivity index (χ3n) is 3.35. The van der Waals surface area contributed by atoms with Crippen molar-refractivity contribution in [2.24, 2.45) is 0 Å². The molecule has 0 bridgehead atoms. The second-order valence-electron chi connectivity index (χ2n) is 4.86. The van der Waals surface area contributed by atoms with Crippen molar-refractivity contribution in [1.29, 1.82) is 0 Å². The predicted molar refractivity (Wildman–Crippen MR) is 79.4 cm³/mol. The highest BCUT2D eigenvalue weighted by atomic mass is 32.2. The molecule has 0 radical (unpaired) electrons. The van der Waals surface area contributed by atoms with E-state index in [1.165, 1.54) is 6.07 Å². The van der Waals surface area contributed by atoms with Gasteiger partial charge in [-0.3, -0.25) is 4.79 Å². The monoisotopic (exact) mass is 287 g/mol. The Balaban J connectivity index is 1.98. The number of carbonyl (C=O) groups is 1. The molecule has 1 unspecified atom stereocenters. The molecule has 2 nitrogen and oxygen atoms in total. The fourth-order valence-electron chi connectivity index (χ4n) is 2.29. The molecule has 102 valence electrons. The Bertz CT molecular complexity index is 671. The first-order valence-corrected chi connectivity index (χ1v) is 7.33. The molecule has 1 aliphatic heterocycles. The van der Waals surface area contributed by atoms with Crippen molar-refractivity contribution in [1.82, 2.24) is 0 Å². The van der Waals surface area contributed by atoms with Gasteiger partial charge in [-0.2, -0.15) is 0 Å². The molecule has 1 N–H and O–H groups in total. The number of fused-ring (bicyclic) bond motifs is 1. The number of benzene rings is 2. The van der Waals surface area contributed by atoms with Crippen molar-refractivity contribution in [3.05, 3.63) is 59.4 Å². The maximum absolute atomic E-state index is 13.4. The van der Waals surface area contributed by atoms with Crippen LogP contribution in [0.4, 0.5) is 10.1 Å². The summed E-state index contributed by atoms with van der Waals surface area (Å²) in [7, 11) is 0. The molecule has 1 amide bonds. The van der Waals surface area contributed by atoms with Crippen LogP contribution < -0.4 is 5.32 Å². The number of hydrogen-bond acceptors (Lipinski definition) is 2. The average molecular weight is 287 g/mol. The highest BCUT2D eigenvalue weighted by Gasteiger charge is 2.23. The molecule has 0 saturated carbocycles. The Morgan fingerprint density at radius 2 is 2.05 bits per heavy atom. The number of thioether (sulfide) groups is 1. The molecule has 3 rings (SSSR count). The lowest BCUT2D eigenvalue weighted by molar-refractivity contribution is -0.116. The van der Waals surface area contributed by atoms with Gasteiger partial charge in [0.05, 0.1) is 5.69 Å². The second kappa shape index (κ2) is 5.29. The molecule has 0 fully saturated rings. The zero-order valence-corrected chi connectivity index (χ0v) is 11.8. The normalized spacial score (nSPS) is 18.1. The fourth-order valence-corrected chi connectivity index (χ4v) is 3.52. The van der Waals surface area contributed by atoms with Gasteiger partial charge in [-0.05, 0) is 36.2 Å². The van der Waals surface area contributed by atoms with E-state index >= 15 is 0 Å². The van der Waals surface area contributed by atoms with Crippen molar-refractivity contribution < 1.29 is 9.18 Å². The number of rotatable bonds is 1. The molecule has 0 aliphatic carbocycles. The van der Waals surface area contributed by atoms with E-state index in [0.717, 1.165) is 16.1 Å². The number of aryl methyl sites for hydroxylation is 1. The molecular formula is C16H14FNOS. The Morgan fingerprint density at radius 1 is 1.25 bits per heavy atom. The molecule has 2 aromatic carbocycles. The van der Waals surface area contributed by atoms with Crippen molar-refractivity contribution in [2.45, 2.75) is 23.5 Å². The third-order valence-corrected chi connectivity index (χ3v) is 4.69. The number of hydrogen-bond donors (Lipinski definition) is 1. The highest BCUT2D eigenvalue weighted by molar-refractivity contribution is 7.99. The van der Waals surface area contributed by atoms with Gasteiger partial charge in [-0.1, -0.05) is 24.3 Å². The summed E-state index contributed by atoms with van der Waals surface area (Å²) < 4.78 is 13.4. The molecule has 20 heavy (non-hydrogen) atoms. The minimum atomic E-state index is -0.211. The van der Waals surface area contributed by atoms with E-state index in [4.69, 9.17) is 0 Å². The van der Waals surface area contributed by atoms with E-state index in [2.05, 4.69) is 5.32 Å². The second-order valence-corrected chi connectivity index (χ2v) is 6.11. The van der Waals surface area contributed by atoms with Gasteiger partial charge in [0.15, 0.2) is 0 Å². The van der Waals surface area contributed by atoms with Crippen LogP contribution in [0.15, 0.2) is 47.4 Å². The molecule has 0 saturated heterocycles. The van der Waals surface area contributed by atoms with Crippen molar-refractivity contribution in [3.63, 3.8) is 0 Å². The molecule has 2 aromatic rings. The Labute approximate surface area is 121 Å². The van der Waals surface area contributed by atoms with E-state index in [1.807, 2.05) is 30.3 Å². The molecule has 0 aromatic heterocycles. The molecule has 4 heteroatoms. The lowest BCUT2D eigenvalue weighted by Gasteiger charge is -2.14. The molecule has 1 aliphatic rings. The van der Waals surface area contributed by atoms with Gasteiger partial charge in [0.2, 0.25) is 5.91 Å². The summed E-state index contributed by atoms with van der Waals surface area (Å²) in [6.45, 7) is 1.74. The van der Waals surface area contributed by atoms with Gasteiger partial charge in [-0.25, -0.2) is 4.39 Å². The van der Waals surface area contributed by atoms with E-state index in [0.29, 0.717) is 12.0 Å². The summed E-state index contributed by atoms with van der Waals surface area (Å²) in [5.41, 5.74) is 2.45. The number of nitrogens with one attached hydrogen (secondary N) is 1. The van der Waals surface area contributed by atoms with E-state index in [9.17, 15) is 9.18 Å². The largest absolute Gasteiger partial charge is 0.325 e. The number of amides is 1. The topological polar surface area (TPSA) is 29.1 Å².